The molecule has 1 fully saturated rings. The van der Waals surface area contributed by atoms with E-state index in [0.717, 1.165) is 18.3 Å². The minimum Gasteiger partial charge on any atom is -0.393 e. The smallest absolute Gasteiger partial charge is 0.0512 e. The van der Waals surface area contributed by atoms with Crippen molar-refractivity contribution in [3.05, 3.63) is 0 Å². The Balaban J connectivity index is 1.93. The fraction of sp³-hybridized carbons (Fsp3) is 1.00. The van der Waals surface area contributed by atoms with Crippen LogP contribution < -0.4 is 0 Å². The molecule has 0 heterocycles. The third kappa shape index (κ3) is 3.76. The van der Waals surface area contributed by atoms with Crippen molar-refractivity contribution >= 4 is 0 Å². The lowest BCUT2D eigenvalue weighted by Gasteiger charge is -2.09. The van der Waals surface area contributed by atoms with E-state index in [-0.39, 0.29) is 6.10 Å². The minimum atomic E-state index is -0.0959. The molecule has 1 aliphatic rings. The predicted octanol–water partition coefficient (Wildman–Crippen LogP) is 2.58. The van der Waals surface area contributed by atoms with Crippen molar-refractivity contribution in [1.82, 2.24) is 0 Å². The largest absolute Gasteiger partial charge is 0.393 e. The fourth-order valence-corrected chi connectivity index (χ4v) is 1.64. The Morgan fingerprint density at radius 2 is 1.91 bits per heavy atom. The van der Waals surface area contributed by atoms with Crippen molar-refractivity contribution < 1.29 is 5.11 Å². The maximum absolute atomic E-state index is 9.02. The van der Waals surface area contributed by atoms with Crippen LogP contribution in [0.25, 0.3) is 0 Å². The van der Waals surface area contributed by atoms with Crippen LogP contribution in [0.1, 0.15) is 46.0 Å². The summed E-state index contributed by atoms with van der Waals surface area (Å²) >= 11 is 0. The van der Waals surface area contributed by atoms with E-state index >= 15 is 0 Å². The van der Waals surface area contributed by atoms with Gasteiger partial charge in [0, 0.05) is 0 Å². The van der Waals surface area contributed by atoms with Crippen LogP contribution in [0.5, 0.6) is 0 Å². The summed E-state index contributed by atoms with van der Waals surface area (Å²) in [5, 5.41) is 9.02. The van der Waals surface area contributed by atoms with Crippen LogP contribution in [0.4, 0.5) is 0 Å². The van der Waals surface area contributed by atoms with Crippen LogP contribution in [0.3, 0.4) is 0 Å². The first kappa shape index (κ1) is 9.05. The summed E-state index contributed by atoms with van der Waals surface area (Å²) < 4.78 is 0. The molecule has 0 saturated heterocycles. The van der Waals surface area contributed by atoms with Crippen molar-refractivity contribution in [3.63, 3.8) is 0 Å². The van der Waals surface area contributed by atoms with Crippen LogP contribution in [-0.4, -0.2) is 11.2 Å². The first-order valence-corrected chi connectivity index (χ1v) is 4.88. The molecule has 0 aromatic heterocycles. The molecule has 0 bridgehead atoms. The van der Waals surface area contributed by atoms with Crippen molar-refractivity contribution in [2.24, 2.45) is 11.8 Å². The van der Waals surface area contributed by atoms with Crippen LogP contribution >= 0.6 is 0 Å². The van der Waals surface area contributed by atoms with E-state index < -0.39 is 0 Å². The molecule has 0 aromatic rings. The van der Waals surface area contributed by atoms with Gasteiger partial charge in [0.2, 0.25) is 0 Å². The molecule has 1 aliphatic carbocycles. The van der Waals surface area contributed by atoms with Gasteiger partial charge in [-0.15, -0.1) is 0 Å². The molecule has 0 radical (unpaired) electrons. The Morgan fingerprint density at radius 3 is 2.36 bits per heavy atom. The summed E-state index contributed by atoms with van der Waals surface area (Å²) in [7, 11) is 0. The molecule has 1 nitrogen and oxygen atoms in total. The molecule has 0 aromatic carbocycles. The van der Waals surface area contributed by atoms with E-state index in [4.69, 9.17) is 5.11 Å². The van der Waals surface area contributed by atoms with Crippen molar-refractivity contribution in [2.45, 2.75) is 52.1 Å². The van der Waals surface area contributed by atoms with Gasteiger partial charge in [-0.1, -0.05) is 19.8 Å². The van der Waals surface area contributed by atoms with Crippen LogP contribution in [-0.2, 0) is 0 Å². The molecule has 1 heteroatoms. The lowest BCUT2D eigenvalue weighted by Crippen LogP contribution is -2.02. The normalized spacial score (nSPS) is 23.2. The molecule has 2 unspecified atom stereocenters. The average Bonchev–Trinajstić information content (AvgIpc) is 2.66. The first-order valence-electron chi connectivity index (χ1n) is 4.88. The number of hydrogen-bond acceptors (Lipinski definition) is 1. The van der Waals surface area contributed by atoms with Crippen LogP contribution in [0, 0.1) is 11.8 Å². The number of aliphatic hydroxyl groups excluding tert-OH is 1. The van der Waals surface area contributed by atoms with E-state index in [1.54, 1.807) is 0 Å². The topological polar surface area (TPSA) is 20.2 Å². The zero-order valence-electron chi connectivity index (χ0n) is 7.71. The minimum absolute atomic E-state index is 0.0959. The van der Waals surface area contributed by atoms with Gasteiger partial charge in [0.25, 0.3) is 0 Å². The second-order valence-electron chi connectivity index (χ2n) is 4.09. The summed E-state index contributed by atoms with van der Waals surface area (Å²) in [6.45, 7) is 4.22. The van der Waals surface area contributed by atoms with Gasteiger partial charge in [-0.2, -0.15) is 0 Å². The van der Waals surface area contributed by atoms with Crippen molar-refractivity contribution in [3.8, 4) is 0 Å². The van der Waals surface area contributed by atoms with Gasteiger partial charge in [-0.25, -0.2) is 0 Å². The summed E-state index contributed by atoms with van der Waals surface area (Å²) in [5.74, 6) is 1.94. The molecule has 0 amide bonds. The standard InChI is InChI=1S/C10H20O/c1-8(10-6-7-10)4-3-5-9(2)11/h8-11H,3-7H2,1-2H3. The van der Waals surface area contributed by atoms with Gasteiger partial charge < -0.3 is 5.11 Å². The van der Waals surface area contributed by atoms with E-state index in [9.17, 15) is 0 Å². The zero-order valence-corrected chi connectivity index (χ0v) is 7.71. The quantitative estimate of drug-likeness (QED) is 0.648. The first-order chi connectivity index (χ1) is 5.20. The molecule has 2 atom stereocenters. The SMILES string of the molecule is CC(O)CCCC(C)C1CC1. The highest BCUT2D eigenvalue weighted by Crippen LogP contribution is 2.38. The number of aliphatic hydroxyl groups is 1. The number of rotatable bonds is 5. The molecule has 1 saturated carbocycles. The summed E-state index contributed by atoms with van der Waals surface area (Å²) in [6, 6.07) is 0. The Labute approximate surface area is 69.8 Å². The molecule has 66 valence electrons. The second-order valence-corrected chi connectivity index (χ2v) is 4.09. The summed E-state index contributed by atoms with van der Waals surface area (Å²) in [6.07, 6.45) is 6.31. The Bertz CT molecular complexity index is 105. The van der Waals surface area contributed by atoms with Gasteiger partial charge in [0.05, 0.1) is 6.10 Å². The highest BCUT2D eigenvalue weighted by atomic mass is 16.3. The molecular weight excluding hydrogens is 136 g/mol. The molecule has 0 aliphatic heterocycles. The monoisotopic (exact) mass is 156 g/mol. The van der Waals surface area contributed by atoms with Crippen molar-refractivity contribution in [2.75, 3.05) is 0 Å². The highest BCUT2D eigenvalue weighted by molar-refractivity contribution is 4.78. The molecular formula is C10H20O. The maximum Gasteiger partial charge on any atom is 0.0512 e. The van der Waals surface area contributed by atoms with Gasteiger partial charge in [-0.05, 0) is 38.0 Å². The summed E-state index contributed by atoms with van der Waals surface area (Å²) in [4.78, 5) is 0. The van der Waals surface area contributed by atoms with Gasteiger partial charge >= 0.3 is 0 Å². The van der Waals surface area contributed by atoms with Gasteiger partial charge in [0.15, 0.2) is 0 Å². The van der Waals surface area contributed by atoms with Gasteiger partial charge in [-0.3, -0.25) is 0 Å². The Hall–Kier alpha value is -0.0400. The lowest BCUT2D eigenvalue weighted by atomic mass is 9.98. The van der Waals surface area contributed by atoms with Crippen LogP contribution in [0.2, 0.25) is 0 Å². The fourth-order valence-electron chi connectivity index (χ4n) is 1.64. The molecule has 1 N–H and O–H groups in total. The molecule has 11 heavy (non-hydrogen) atoms. The Morgan fingerprint density at radius 1 is 1.27 bits per heavy atom. The zero-order chi connectivity index (χ0) is 8.27. The second kappa shape index (κ2) is 4.10. The van der Waals surface area contributed by atoms with E-state index in [0.29, 0.717) is 0 Å². The van der Waals surface area contributed by atoms with E-state index in [1.165, 1.54) is 25.7 Å². The maximum atomic E-state index is 9.02. The van der Waals surface area contributed by atoms with E-state index in [1.807, 2.05) is 6.92 Å². The van der Waals surface area contributed by atoms with E-state index in [2.05, 4.69) is 6.92 Å². The number of hydrogen-bond donors (Lipinski definition) is 1. The lowest BCUT2D eigenvalue weighted by molar-refractivity contribution is 0.177. The average molecular weight is 156 g/mol. The molecule has 0 spiro atoms. The summed E-state index contributed by atoms with van der Waals surface area (Å²) in [5.41, 5.74) is 0. The van der Waals surface area contributed by atoms with Gasteiger partial charge in [0.1, 0.15) is 0 Å². The van der Waals surface area contributed by atoms with Crippen molar-refractivity contribution in [1.29, 1.82) is 0 Å². The van der Waals surface area contributed by atoms with Crippen LogP contribution in [0.15, 0.2) is 0 Å². The predicted molar refractivity (Wildman–Crippen MR) is 47.4 cm³/mol. The molecule has 1 rings (SSSR count). The Kier molecular flexibility index (Phi) is 3.38. The highest BCUT2D eigenvalue weighted by Gasteiger charge is 2.27. The third-order valence-electron chi connectivity index (χ3n) is 2.71. The third-order valence-corrected chi connectivity index (χ3v) is 2.71.